The summed E-state index contributed by atoms with van der Waals surface area (Å²) in [7, 11) is 0. The van der Waals surface area contributed by atoms with Crippen LogP contribution >= 0.6 is 0 Å². The zero-order chi connectivity index (χ0) is 21.4. The summed E-state index contributed by atoms with van der Waals surface area (Å²) in [6, 6.07) is 11.8. The molecule has 0 saturated carbocycles. The van der Waals surface area contributed by atoms with Crippen LogP contribution in [0.15, 0.2) is 54.6 Å². The second-order valence-corrected chi connectivity index (χ2v) is 6.97. The molecule has 0 aliphatic carbocycles. The molecule has 1 saturated heterocycles. The molecule has 4 nitrogen and oxygen atoms in total. The molecule has 0 atom stereocenters. The first-order chi connectivity index (χ1) is 14.4. The number of halogens is 3. The van der Waals surface area contributed by atoms with Gasteiger partial charge in [0, 0.05) is 25.2 Å². The van der Waals surface area contributed by atoms with Crippen molar-refractivity contribution in [3.8, 4) is 5.75 Å². The molecule has 0 N–H and O–H groups in total. The van der Waals surface area contributed by atoms with Crippen LogP contribution in [0.2, 0.25) is 0 Å². The summed E-state index contributed by atoms with van der Waals surface area (Å²) >= 11 is 0. The summed E-state index contributed by atoms with van der Waals surface area (Å²) in [5.74, 6) is 0.178. The Hall–Kier alpha value is -2.64. The van der Waals surface area contributed by atoms with Crippen LogP contribution in [0, 0.1) is 0 Å². The van der Waals surface area contributed by atoms with E-state index < -0.39 is 11.7 Å². The first kappa shape index (κ1) is 22.1. The number of nitrogens with zero attached hydrogens (tertiary/aromatic N) is 1. The Morgan fingerprint density at radius 2 is 1.87 bits per heavy atom. The SMILES string of the molecule is O=C(C=Cc1ccccc1C(F)(F)F)c1cccc(OCCCN2CCOCC2)c1. The molecule has 0 unspecified atom stereocenters. The maximum atomic E-state index is 13.1. The molecule has 0 radical (unpaired) electrons. The van der Waals surface area contributed by atoms with Gasteiger partial charge in [-0.15, -0.1) is 0 Å². The van der Waals surface area contributed by atoms with Gasteiger partial charge in [0.15, 0.2) is 5.78 Å². The number of ketones is 1. The Bertz CT molecular complexity index is 874. The lowest BCUT2D eigenvalue weighted by Gasteiger charge is -2.26. The van der Waals surface area contributed by atoms with E-state index in [9.17, 15) is 18.0 Å². The largest absolute Gasteiger partial charge is 0.494 e. The molecule has 0 aromatic heterocycles. The number of ether oxygens (including phenoxy) is 2. The molecule has 7 heteroatoms. The molecule has 160 valence electrons. The predicted molar refractivity (Wildman–Crippen MR) is 109 cm³/mol. The minimum Gasteiger partial charge on any atom is -0.494 e. The minimum absolute atomic E-state index is 0.0473. The number of carbonyl (C=O) groups is 1. The molecule has 0 amide bonds. The van der Waals surface area contributed by atoms with Gasteiger partial charge in [-0.3, -0.25) is 9.69 Å². The highest BCUT2D eigenvalue weighted by molar-refractivity contribution is 6.07. The third-order valence-corrected chi connectivity index (χ3v) is 4.79. The van der Waals surface area contributed by atoms with E-state index in [4.69, 9.17) is 9.47 Å². The maximum absolute atomic E-state index is 13.1. The summed E-state index contributed by atoms with van der Waals surface area (Å²) in [4.78, 5) is 14.7. The van der Waals surface area contributed by atoms with E-state index in [1.807, 2.05) is 0 Å². The average Bonchev–Trinajstić information content (AvgIpc) is 2.75. The van der Waals surface area contributed by atoms with E-state index in [1.165, 1.54) is 24.3 Å². The van der Waals surface area contributed by atoms with Crippen molar-refractivity contribution in [2.45, 2.75) is 12.6 Å². The van der Waals surface area contributed by atoms with E-state index in [0.717, 1.165) is 51.4 Å². The number of rotatable bonds is 8. The molecule has 2 aromatic rings. The van der Waals surface area contributed by atoms with Crippen LogP contribution < -0.4 is 4.74 Å². The Morgan fingerprint density at radius 1 is 1.10 bits per heavy atom. The number of morpholine rings is 1. The predicted octanol–water partition coefficient (Wildman–Crippen LogP) is 4.70. The van der Waals surface area contributed by atoms with Crippen LogP contribution in [0.5, 0.6) is 5.75 Å². The van der Waals surface area contributed by atoms with Crippen molar-refractivity contribution >= 4 is 11.9 Å². The summed E-state index contributed by atoms with van der Waals surface area (Å²) in [5, 5.41) is 0. The van der Waals surface area contributed by atoms with Gasteiger partial charge in [-0.2, -0.15) is 13.2 Å². The molecule has 1 fully saturated rings. The second kappa shape index (κ2) is 10.4. The average molecular weight is 419 g/mol. The van der Waals surface area contributed by atoms with Crippen molar-refractivity contribution in [2.24, 2.45) is 0 Å². The molecule has 0 bridgehead atoms. The topological polar surface area (TPSA) is 38.8 Å². The highest BCUT2D eigenvalue weighted by Gasteiger charge is 2.32. The van der Waals surface area contributed by atoms with Gasteiger partial charge in [-0.1, -0.05) is 36.4 Å². The molecule has 3 rings (SSSR count). The smallest absolute Gasteiger partial charge is 0.416 e. The third-order valence-electron chi connectivity index (χ3n) is 4.79. The van der Waals surface area contributed by atoms with Crippen LogP contribution in [-0.2, 0) is 10.9 Å². The lowest BCUT2D eigenvalue weighted by molar-refractivity contribution is -0.137. The van der Waals surface area contributed by atoms with Gasteiger partial charge >= 0.3 is 6.18 Å². The lowest BCUT2D eigenvalue weighted by atomic mass is 10.0. The monoisotopic (exact) mass is 419 g/mol. The van der Waals surface area contributed by atoms with E-state index in [0.29, 0.717) is 17.9 Å². The first-order valence-electron chi connectivity index (χ1n) is 9.85. The van der Waals surface area contributed by atoms with Crippen molar-refractivity contribution in [3.63, 3.8) is 0 Å². The van der Waals surface area contributed by atoms with E-state index in [2.05, 4.69) is 4.90 Å². The van der Waals surface area contributed by atoms with Crippen molar-refractivity contribution in [1.29, 1.82) is 0 Å². The number of hydrogen-bond acceptors (Lipinski definition) is 4. The molecular formula is C23H24F3NO3. The van der Waals surface area contributed by atoms with Gasteiger partial charge in [0.1, 0.15) is 5.75 Å². The number of carbonyl (C=O) groups excluding carboxylic acids is 1. The number of benzene rings is 2. The van der Waals surface area contributed by atoms with Crippen molar-refractivity contribution in [3.05, 3.63) is 71.3 Å². The normalized spacial score (nSPS) is 15.4. The van der Waals surface area contributed by atoms with Gasteiger partial charge in [0.25, 0.3) is 0 Å². The first-order valence-corrected chi connectivity index (χ1v) is 9.85. The highest BCUT2D eigenvalue weighted by atomic mass is 19.4. The van der Waals surface area contributed by atoms with Crippen LogP contribution in [0.25, 0.3) is 6.08 Å². The quantitative estimate of drug-likeness (QED) is 0.353. The van der Waals surface area contributed by atoms with Gasteiger partial charge in [0.05, 0.1) is 25.4 Å². The van der Waals surface area contributed by atoms with Crippen molar-refractivity contribution < 1.29 is 27.4 Å². The zero-order valence-electron chi connectivity index (χ0n) is 16.5. The van der Waals surface area contributed by atoms with E-state index in [-0.39, 0.29) is 11.3 Å². The third kappa shape index (κ3) is 6.43. The molecular weight excluding hydrogens is 395 g/mol. The Kier molecular flexibility index (Phi) is 7.65. The summed E-state index contributed by atoms with van der Waals surface area (Å²) in [6.07, 6.45) is -1.27. The van der Waals surface area contributed by atoms with Crippen LogP contribution in [-0.4, -0.2) is 50.1 Å². The molecule has 0 spiro atoms. The van der Waals surface area contributed by atoms with E-state index >= 15 is 0 Å². The van der Waals surface area contributed by atoms with E-state index in [1.54, 1.807) is 24.3 Å². The number of allylic oxidation sites excluding steroid dienone is 1. The van der Waals surface area contributed by atoms with Crippen molar-refractivity contribution in [1.82, 2.24) is 4.90 Å². The minimum atomic E-state index is -4.47. The van der Waals surface area contributed by atoms with Gasteiger partial charge < -0.3 is 9.47 Å². The molecule has 2 aromatic carbocycles. The lowest BCUT2D eigenvalue weighted by Crippen LogP contribution is -2.37. The van der Waals surface area contributed by atoms with Crippen LogP contribution in [0.3, 0.4) is 0 Å². The zero-order valence-corrected chi connectivity index (χ0v) is 16.5. The van der Waals surface area contributed by atoms with Gasteiger partial charge in [-0.05, 0) is 36.3 Å². The standard InChI is InChI=1S/C23H24F3NO3/c24-23(25,26)21-8-2-1-5-18(21)9-10-22(28)19-6-3-7-20(17-19)30-14-4-11-27-12-15-29-16-13-27/h1-3,5-10,17H,4,11-16H2. The fourth-order valence-electron chi connectivity index (χ4n) is 3.20. The number of hydrogen-bond donors (Lipinski definition) is 0. The molecule has 1 aliphatic heterocycles. The summed E-state index contributed by atoms with van der Waals surface area (Å²) in [5.41, 5.74) is -0.457. The molecule has 1 heterocycles. The van der Waals surface area contributed by atoms with Crippen molar-refractivity contribution in [2.75, 3.05) is 39.5 Å². The summed E-state index contributed by atoms with van der Waals surface area (Å²) < 4.78 is 50.3. The maximum Gasteiger partial charge on any atom is 0.416 e. The van der Waals surface area contributed by atoms with Gasteiger partial charge in [-0.25, -0.2) is 0 Å². The van der Waals surface area contributed by atoms with Gasteiger partial charge in [0.2, 0.25) is 0 Å². The fraction of sp³-hybridized carbons (Fsp3) is 0.348. The summed E-state index contributed by atoms with van der Waals surface area (Å²) in [6.45, 7) is 4.80. The molecule has 30 heavy (non-hydrogen) atoms. The Balaban J connectivity index is 1.56. The van der Waals surface area contributed by atoms with Crippen LogP contribution in [0.4, 0.5) is 13.2 Å². The Labute approximate surface area is 173 Å². The number of alkyl halides is 3. The highest BCUT2D eigenvalue weighted by Crippen LogP contribution is 2.32. The molecule has 1 aliphatic rings. The second-order valence-electron chi connectivity index (χ2n) is 6.97. The van der Waals surface area contributed by atoms with Crippen LogP contribution in [0.1, 0.15) is 27.9 Å². The Morgan fingerprint density at radius 3 is 2.63 bits per heavy atom. The fourth-order valence-corrected chi connectivity index (χ4v) is 3.20.